The number of ketones is 1. The lowest BCUT2D eigenvalue weighted by molar-refractivity contribution is -0.132. The van der Waals surface area contributed by atoms with Gasteiger partial charge in [0.05, 0.1) is 18.7 Å². The van der Waals surface area contributed by atoms with Crippen LogP contribution in [0.3, 0.4) is 0 Å². The highest BCUT2D eigenvalue weighted by atomic mass is 35.5. The van der Waals surface area contributed by atoms with Gasteiger partial charge in [-0.3, -0.25) is 14.5 Å². The Labute approximate surface area is 204 Å². The van der Waals surface area contributed by atoms with E-state index in [1.165, 1.54) is 4.90 Å². The van der Waals surface area contributed by atoms with Gasteiger partial charge in [-0.1, -0.05) is 55.8 Å². The summed E-state index contributed by atoms with van der Waals surface area (Å²) < 4.78 is 5.52. The number of amides is 1. The number of aryl methyl sites for hydroxylation is 1. The Kier molecular flexibility index (Phi) is 6.49. The number of ether oxygens (including phenoxy) is 1. The van der Waals surface area contributed by atoms with Gasteiger partial charge in [0, 0.05) is 16.3 Å². The Morgan fingerprint density at radius 3 is 2.26 bits per heavy atom. The molecule has 1 aliphatic heterocycles. The standard InChI is InChI=1S/C28H26ClNO4/c1-16(2)21-15-22(17(3)14-23(21)34-4)26(31)24-25(18-8-6-5-7-9-18)30(28(33)27(24)32)20-12-10-19(29)11-13-20/h5-16,25,31H,1-4H3/b26-24+. The number of carbonyl (C=O) groups is 2. The molecule has 1 heterocycles. The van der Waals surface area contributed by atoms with Crippen LogP contribution in [0.15, 0.2) is 72.3 Å². The molecule has 174 valence electrons. The lowest BCUT2D eigenvalue weighted by Crippen LogP contribution is -2.29. The third kappa shape index (κ3) is 4.08. The topological polar surface area (TPSA) is 66.8 Å². The van der Waals surface area contributed by atoms with Crippen LogP contribution < -0.4 is 9.64 Å². The molecule has 0 aliphatic carbocycles. The molecule has 6 heteroatoms. The fourth-order valence-corrected chi connectivity index (χ4v) is 4.50. The number of Topliss-reactive ketones (excluding diaryl/α,β-unsaturated/α-hetero) is 1. The number of nitrogens with zero attached hydrogens (tertiary/aromatic N) is 1. The van der Waals surface area contributed by atoms with Crippen LogP contribution >= 0.6 is 11.6 Å². The highest BCUT2D eigenvalue weighted by molar-refractivity contribution is 6.51. The number of methoxy groups -OCH3 is 1. The van der Waals surface area contributed by atoms with E-state index in [9.17, 15) is 14.7 Å². The van der Waals surface area contributed by atoms with E-state index in [-0.39, 0.29) is 17.3 Å². The average Bonchev–Trinajstić information content (AvgIpc) is 3.09. The molecule has 1 fully saturated rings. The number of hydrogen-bond acceptors (Lipinski definition) is 4. The number of benzene rings is 3. The number of anilines is 1. The van der Waals surface area contributed by atoms with E-state index < -0.39 is 17.7 Å². The summed E-state index contributed by atoms with van der Waals surface area (Å²) >= 11 is 6.05. The predicted molar refractivity (Wildman–Crippen MR) is 134 cm³/mol. The molecule has 1 unspecified atom stereocenters. The molecule has 0 aromatic heterocycles. The maximum absolute atomic E-state index is 13.3. The normalized spacial score (nSPS) is 17.5. The molecule has 0 radical (unpaired) electrons. The Morgan fingerprint density at radius 1 is 1.03 bits per heavy atom. The lowest BCUT2D eigenvalue weighted by Gasteiger charge is -2.25. The van der Waals surface area contributed by atoms with E-state index in [1.807, 2.05) is 63.2 Å². The molecule has 3 aromatic carbocycles. The zero-order valence-electron chi connectivity index (χ0n) is 19.5. The molecule has 4 rings (SSSR count). The first-order chi connectivity index (χ1) is 16.2. The van der Waals surface area contributed by atoms with Crippen LogP contribution in [-0.4, -0.2) is 23.9 Å². The van der Waals surface area contributed by atoms with Crippen molar-refractivity contribution in [3.63, 3.8) is 0 Å². The summed E-state index contributed by atoms with van der Waals surface area (Å²) in [5.74, 6) is -0.796. The van der Waals surface area contributed by atoms with Crippen LogP contribution in [-0.2, 0) is 9.59 Å². The third-order valence-corrected chi connectivity index (χ3v) is 6.37. The highest BCUT2D eigenvalue weighted by Gasteiger charge is 2.47. The maximum atomic E-state index is 13.3. The summed E-state index contributed by atoms with van der Waals surface area (Å²) in [6.45, 7) is 5.90. The fraction of sp³-hybridized carbons (Fsp3) is 0.214. The largest absolute Gasteiger partial charge is 0.507 e. The van der Waals surface area contributed by atoms with Crippen LogP contribution in [0, 0.1) is 6.92 Å². The summed E-state index contributed by atoms with van der Waals surface area (Å²) in [5.41, 5.74) is 3.43. The van der Waals surface area contributed by atoms with Gasteiger partial charge < -0.3 is 9.84 Å². The number of halogens is 1. The van der Waals surface area contributed by atoms with Gasteiger partial charge in [-0.2, -0.15) is 0 Å². The Balaban J connectivity index is 1.97. The minimum absolute atomic E-state index is 0.0501. The van der Waals surface area contributed by atoms with E-state index in [4.69, 9.17) is 16.3 Å². The van der Waals surface area contributed by atoms with Gasteiger partial charge in [0.2, 0.25) is 0 Å². The zero-order chi connectivity index (χ0) is 24.6. The summed E-state index contributed by atoms with van der Waals surface area (Å²) in [6.07, 6.45) is 0. The van der Waals surface area contributed by atoms with Crippen molar-refractivity contribution in [2.75, 3.05) is 12.0 Å². The quantitative estimate of drug-likeness (QED) is 0.263. The number of aliphatic hydroxyl groups excluding tert-OH is 1. The van der Waals surface area contributed by atoms with Crippen molar-refractivity contribution in [1.29, 1.82) is 0 Å². The smallest absolute Gasteiger partial charge is 0.300 e. The van der Waals surface area contributed by atoms with Crippen LogP contribution in [0.2, 0.25) is 5.02 Å². The van der Waals surface area contributed by atoms with E-state index in [0.717, 1.165) is 11.1 Å². The molecule has 0 spiro atoms. The summed E-state index contributed by atoms with van der Waals surface area (Å²) in [4.78, 5) is 28.0. The highest BCUT2D eigenvalue weighted by Crippen LogP contribution is 2.43. The van der Waals surface area contributed by atoms with Crippen LogP contribution in [0.25, 0.3) is 5.76 Å². The van der Waals surface area contributed by atoms with Crippen LogP contribution in [0.4, 0.5) is 5.69 Å². The summed E-state index contributed by atoms with van der Waals surface area (Å²) in [6, 6.07) is 18.8. The number of hydrogen-bond donors (Lipinski definition) is 1. The van der Waals surface area contributed by atoms with Crippen molar-refractivity contribution in [2.45, 2.75) is 32.7 Å². The number of rotatable bonds is 5. The van der Waals surface area contributed by atoms with Gasteiger partial charge in [0.1, 0.15) is 11.5 Å². The minimum Gasteiger partial charge on any atom is -0.507 e. The molecule has 34 heavy (non-hydrogen) atoms. The van der Waals surface area contributed by atoms with Crippen molar-refractivity contribution in [3.8, 4) is 5.75 Å². The van der Waals surface area contributed by atoms with Crippen molar-refractivity contribution in [2.24, 2.45) is 0 Å². The Hall–Kier alpha value is -3.57. The first-order valence-corrected chi connectivity index (χ1v) is 11.4. The minimum atomic E-state index is -0.786. The molecule has 0 saturated carbocycles. The van der Waals surface area contributed by atoms with Crippen LogP contribution in [0.1, 0.15) is 48.1 Å². The van der Waals surface area contributed by atoms with Crippen molar-refractivity contribution in [3.05, 3.63) is 99.6 Å². The molecular weight excluding hydrogens is 450 g/mol. The van der Waals surface area contributed by atoms with Crippen molar-refractivity contribution in [1.82, 2.24) is 0 Å². The SMILES string of the molecule is COc1cc(C)c(/C(O)=C2\C(=O)C(=O)N(c3ccc(Cl)cc3)C2c2ccccc2)cc1C(C)C. The van der Waals surface area contributed by atoms with Gasteiger partial charge in [-0.05, 0) is 65.9 Å². The van der Waals surface area contributed by atoms with Crippen molar-refractivity contribution < 1.29 is 19.4 Å². The monoisotopic (exact) mass is 475 g/mol. The Morgan fingerprint density at radius 2 is 1.68 bits per heavy atom. The predicted octanol–water partition coefficient (Wildman–Crippen LogP) is 6.41. The van der Waals surface area contributed by atoms with Gasteiger partial charge in [0.25, 0.3) is 11.7 Å². The number of aliphatic hydroxyl groups is 1. The third-order valence-electron chi connectivity index (χ3n) is 6.12. The van der Waals surface area contributed by atoms with Gasteiger partial charge in [0.15, 0.2) is 0 Å². The first kappa shape index (κ1) is 23.6. The molecule has 0 bridgehead atoms. The van der Waals surface area contributed by atoms with E-state index in [1.54, 1.807) is 31.4 Å². The second-order valence-electron chi connectivity index (χ2n) is 8.62. The number of carbonyl (C=O) groups excluding carboxylic acids is 2. The second kappa shape index (κ2) is 9.35. The summed E-state index contributed by atoms with van der Waals surface area (Å²) in [7, 11) is 1.60. The van der Waals surface area contributed by atoms with E-state index in [0.29, 0.717) is 27.6 Å². The molecule has 1 atom stereocenters. The van der Waals surface area contributed by atoms with Crippen LogP contribution in [0.5, 0.6) is 5.75 Å². The molecule has 1 aliphatic rings. The van der Waals surface area contributed by atoms with Crippen molar-refractivity contribution >= 4 is 34.7 Å². The molecule has 3 aromatic rings. The molecule has 1 saturated heterocycles. The zero-order valence-corrected chi connectivity index (χ0v) is 20.3. The second-order valence-corrected chi connectivity index (χ2v) is 9.06. The maximum Gasteiger partial charge on any atom is 0.300 e. The van der Waals surface area contributed by atoms with E-state index in [2.05, 4.69) is 0 Å². The summed E-state index contributed by atoms with van der Waals surface area (Å²) in [5, 5.41) is 12.0. The molecule has 5 nitrogen and oxygen atoms in total. The van der Waals surface area contributed by atoms with Gasteiger partial charge in [-0.15, -0.1) is 0 Å². The fourth-order valence-electron chi connectivity index (χ4n) is 4.38. The van der Waals surface area contributed by atoms with Gasteiger partial charge >= 0.3 is 0 Å². The van der Waals surface area contributed by atoms with E-state index >= 15 is 0 Å². The van der Waals surface area contributed by atoms with Gasteiger partial charge in [-0.25, -0.2) is 0 Å². The molecule has 1 amide bonds. The lowest BCUT2D eigenvalue weighted by atomic mass is 9.91. The first-order valence-electron chi connectivity index (χ1n) is 11.0. The average molecular weight is 476 g/mol. The Bertz CT molecular complexity index is 1280. The molecule has 1 N–H and O–H groups in total. The molecular formula is C28H26ClNO4.